The summed E-state index contributed by atoms with van der Waals surface area (Å²) in [7, 11) is 1.39. The first kappa shape index (κ1) is 16.2. The van der Waals surface area contributed by atoms with Crippen molar-refractivity contribution >= 4 is 11.8 Å². The van der Waals surface area contributed by atoms with Gasteiger partial charge in [-0.3, -0.25) is 9.59 Å². The highest BCUT2D eigenvalue weighted by molar-refractivity contribution is 5.86. The standard InChI is InChI=1S/C16H28O3/c1-11(12-8-6-7-9-12)14(17)10-13(15(18)19-5)16(2,3)4/h11-13H,6-10H2,1-5H3/t11-,13+/m0/s1. The smallest absolute Gasteiger partial charge is 0.309 e. The average molecular weight is 268 g/mol. The molecule has 19 heavy (non-hydrogen) atoms. The Balaban J connectivity index is 2.67. The topological polar surface area (TPSA) is 43.4 Å². The van der Waals surface area contributed by atoms with Gasteiger partial charge in [0.1, 0.15) is 5.78 Å². The lowest BCUT2D eigenvalue weighted by Gasteiger charge is -2.29. The highest BCUT2D eigenvalue weighted by Crippen LogP contribution is 2.35. The third-order valence-corrected chi connectivity index (χ3v) is 4.55. The molecule has 3 heteroatoms. The van der Waals surface area contributed by atoms with Gasteiger partial charge in [-0.1, -0.05) is 40.5 Å². The first-order valence-electron chi connectivity index (χ1n) is 7.38. The zero-order valence-electron chi connectivity index (χ0n) is 13.0. The number of ketones is 1. The molecule has 1 aliphatic rings. The van der Waals surface area contributed by atoms with Crippen molar-refractivity contribution in [3.05, 3.63) is 0 Å². The van der Waals surface area contributed by atoms with Crippen molar-refractivity contribution in [2.45, 2.75) is 59.8 Å². The van der Waals surface area contributed by atoms with E-state index < -0.39 is 0 Å². The highest BCUT2D eigenvalue weighted by atomic mass is 16.5. The van der Waals surface area contributed by atoms with Gasteiger partial charge in [-0.2, -0.15) is 0 Å². The van der Waals surface area contributed by atoms with Crippen molar-refractivity contribution in [2.75, 3.05) is 7.11 Å². The zero-order chi connectivity index (χ0) is 14.6. The monoisotopic (exact) mass is 268 g/mol. The Morgan fingerprint density at radius 3 is 2.16 bits per heavy atom. The van der Waals surface area contributed by atoms with Crippen molar-refractivity contribution < 1.29 is 14.3 Å². The molecule has 1 saturated carbocycles. The Kier molecular flexibility index (Phi) is 5.57. The summed E-state index contributed by atoms with van der Waals surface area (Å²) in [6.45, 7) is 7.99. The Bertz CT molecular complexity index is 321. The van der Waals surface area contributed by atoms with Crippen LogP contribution in [0.1, 0.15) is 59.8 Å². The molecule has 1 fully saturated rings. The van der Waals surface area contributed by atoms with Crippen molar-refractivity contribution in [1.82, 2.24) is 0 Å². The fourth-order valence-corrected chi connectivity index (χ4v) is 2.99. The van der Waals surface area contributed by atoms with Crippen molar-refractivity contribution in [3.8, 4) is 0 Å². The summed E-state index contributed by atoms with van der Waals surface area (Å²) in [4.78, 5) is 24.3. The molecule has 0 aromatic rings. The Morgan fingerprint density at radius 1 is 1.21 bits per heavy atom. The molecule has 3 nitrogen and oxygen atoms in total. The summed E-state index contributed by atoms with van der Waals surface area (Å²) in [5.74, 6) is 0.216. The van der Waals surface area contributed by atoms with Crippen LogP contribution in [0, 0.1) is 23.2 Å². The van der Waals surface area contributed by atoms with Crippen LogP contribution in [-0.4, -0.2) is 18.9 Å². The van der Waals surface area contributed by atoms with Crippen molar-refractivity contribution in [2.24, 2.45) is 23.2 Å². The maximum atomic E-state index is 12.4. The van der Waals surface area contributed by atoms with Crippen LogP contribution in [0.3, 0.4) is 0 Å². The van der Waals surface area contributed by atoms with Gasteiger partial charge in [-0.15, -0.1) is 0 Å². The van der Waals surface area contributed by atoms with Crippen LogP contribution in [0.25, 0.3) is 0 Å². The number of methoxy groups -OCH3 is 1. The molecule has 0 radical (unpaired) electrons. The number of carbonyl (C=O) groups is 2. The maximum absolute atomic E-state index is 12.4. The van der Waals surface area contributed by atoms with Gasteiger partial charge >= 0.3 is 5.97 Å². The van der Waals surface area contributed by atoms with E-state index in [-0.39, 0.29) is 29.0 Å². The second-order valence-electron chi connectivity index (χ2n) is 6.95. The van der Waals surface area contributed by atoms with Gasteiger partial charge in [-0.05, 0) is 24.2 Å². The molecule has 1 rings (SSSR count). The molecule has 110 valence electrons. The minimum absolute atomic E-state index is 0.0806. The van der Waals surface area contributed by atoms with E-state index in [0.29, 0.717) is 12.3 Å². The van der Waals surface area contributed by atoms with Crippen LogP contribution < -0.4 is 0 Å². The summed E-state index contributed by atoms with van der Waals surface area (Å²) >= 11 is 0. The van der Waals surface area contributed by atoms with E-state index in [0.717, 1.165) is 12.8 Å². The summed E-state index contributed by atoms with van der Waals surface area (Å²) in [5, 5.41) is 0. The first-order valence-corrected chi connectivity index (χ1v) is 7.38. The Hall–Kier alpha value is -0.860. The molecule has 0 unspecified atom stereocenters. The predicted octanol–water partition coefficient (Wildman–Crippen LogP) is 3.61. The number of esters is 1. The second kappa shape index (κ2) is 6.53. The minimum atomic E-state index is -0.339. The van der Waals surface area contributed by atoms with Crippen LogP contribution in [-0.2, 0) is 14.3 Å². The molecule has 1 aliphatic carbocycles. The molecule has 0 heterocycles. The van der Waals surface area contributed by atoms with Crippen LogP contribution in [0.15, 0.2) is 0 Å². The van der Waals surface area contributed by atoms with E-state index in [1.807, 2.05) is 27.7 Å². The summed E-state index contributed by atoms with van der Waals surface area (Å²) < 4.78 is 4.85. The van der Waals surface area contributed by atoms with Gasteiger partial charge in [0.2, 0.25) is 0 Å². The van der Waals surface area contributed by atoms with E-state index >= 15 is 0 Å². The normalized spacial score (nSPS) is 20.1. The maximum Gasteiger partial charge on any atom is 0.309 e. The quantitative estimate of drug-likeness (QED) is 0.715. The van der Waals surface area contributed by atoms with Crippen LogP contribution in [0.2, 0.25) is 0 Å². The molecule has 2 atom stereocenters. The third-order valence-electron chi connectivity index (χ3n) is 4.55. The first-order chi connectivity index (χ1) is 8.77. The summed E-state index contributed by atoms with van der Waals surface area (Å²) in [6.07, 6.45) is 5.11. The summed E-state index contributed by atoms with van der Waals surface area (Å²) in [5.41, 5.74) is -0.238. The summed E-state index contributed by atoms with van der Waals surface area (Å²) in [6, 6.07) is 0. The molecule has 0 bridgehead atoms. The number of Topliss-reactive ketones (excluding diaryl/α,β-unsaturated/α-hetero) is 1. The van der Waals surface area contributed by atoms with Crippen LogP contribution >= 0.6 is 0 Å². The molecule has 0 aromatic carbocycles. The van der Waals surface area contributed by atoms with E-state index in [4.69, 9.17) is 4.74 Å². The van der Waals surface area contributed by atoms with Gasteiger partial charge in [0.25, 0.3) is 0 Å². The molecule has 0 N–H and O–H groups in total. The SMILES string of the molecule is COC(=O)[C@@H](CC(=O)[C@@H](C)C1CCCC1)C(C)(C)C. The van der Waals surface area contributed by atoms with E-state index in [2.05, 4.69) is 0 Å². The van der Waals surface area contributed by atoms with Gasteiger partial charge in [0.05, 0.1) is 13.0 Å². The lowest BCUT2D eigenvalue weighted by Crippen LogP contribution is -2.34. The van der Waals surface area contributed by atoms with Gasteiger partial charge in [-0.25, -0.2) is 0 Å². The largest absolute Gasteiger partial charge is 0.469 e. The van der Waals surface area contributed by atoms with Gasteiger partial charge in [0, 0.05) is 12.3 Å². The second-order valence-corrected chi connectivity index (χ2v) is 6.95. The molecule has 0 aliphatic heterocycles. The number of rotatable bonds is 5. The molecular weight excluding hydrogens is 240 g/mol. The van der Waals surface area contributed by atoms with Crippen LogP contribution in [0.4, 0.5) is 0 Å². The molecule has 0 saturated heterocycles. The van der Waals surface area contributed by atoms with E-state index in [9.17, 15) is 9.59 Å². The number of ether oxygens (including phenoxy) is 1. The zero-order valence-corrected chi connectivity index (χ0v) is 13.0. The predicted molar refractivity (Wildman–Crippen MR) is 75.7 cm³/mol. The fourth-order valence-electron chi connectivity index (χ4n) is 2.99. The Morgan fingerprint density at radius 2 is 1.74 bits per heavy atom. The minimum Gasteiger partial charge on any atom is -0.469 e. The van der Waals surface area contributed by atoms with Crippen molar-refractivity contribution in [1.29, 1.82) is 0 Å². The Labute approximate surface area is 117 Å². The third kappa shape index (κ3) is 4.32. The van der Waals surface area contributed by atoms with Crippen LogP contribution in [0.5, 0.6) is 0 Å². The number of hydrogen-bond acceptors (Lipinski definition) is 3. The molecule has 0 amide bonds. The van der Waals surface area contributed by atoms with Gasteiger partial charge < -0.3 is 4.74 Å². The lowest BCUT2D eigenvalue weighted by atomic mass is 9.75. The van der Waals surface area contributed by atoms with E-state index in [1.54, 1.807) is 0 Å². The van der Waals surface area contributed by atoms with Crippen molar-refractivity contribution in [3.63, 3.8) is 0 Å². The average Bonchev–Trinajstić information content (AvgIpc) is 2.86. The molecule has 0 spiro atoms. The number of carbonyl (C=O) groups excluding carboxylic acids is 2. The molecule has 0 aromatic heterocycles. The molecular formula is C16H28O3. The van der Waals surface area contributed by atoms with E-state index in [1.165, 1.54) is 20.0 Å². The van der Waals surface area contributed by atoms with Gasteiger partial charge in [0.15, 0.2) is 0 Å². The number of hydrogen-bond donors (Lipinski definition) is 0. The fraction of sp³-hybridized carbons (Fsp3) is 0.875. The highest BCUT2D eigenvalue weighted by Gasteiger charge is 2.36. The lowest BCUT2D eigenvalue weighted by molar-refractivity contribution is -0.151.